The summed E-state index contributed by atoms with van der Waals surface area (Å²) in [7, 11) is 1.62. The van der Waals surface area contributed by atoms with Gasteiger partial charge in [0.1, 0.15) is 5.75 Å². The first-order valence-corrected chi connectivity index (χ1v) is 4.40. The molecule has 72 valence electrons. The van der Waals surface area contributed by atoms with Crippen LogP contribution in [0.2, 0.25) is 0 Å². The van der Waals surface area contributed by atoms with Gasteiger partial charge in [-0.25, -0.2) is 0 Å². The Hall–Kier alpha value is -1.62. The van der Waals surface area contributed by atoms with Gasteiger partial charge in [0.15, 0.2) is 0 Å². The van der Waals surface area contributed by atoms with E-state index < -0.39 is 0 Å². The Balaban J connectivity index is 2.33. The van der Waals surface area contributed by atoms with E-state index in [0.29, 0.717) is 5.09 Å². The third-order valence-corrected chi connectivity index (χ3v) is 1.96. The molecular weight excluding hydrogens is 200 g/mol. The van der Waals surface area contributed by atoms with Gasteiger partial charge in [-0.3, -0.25) is 0 Å². The summed E-state index contributed by atoms with van der Waals surface area (Å²) in [6, 6.07) is 7.44. The van der Waals surface area contributed by atoms with Gasteiger partial charge in [-0.2, -0.15) is 0 Å². The van der Waals surface area contributed by atoms with Crippen molar-refractivity contribution in [3.63, 3.8) is 0 Å². The second-order valence-electron chi connectivity index (χ2n) is 2.66. The number of hydrogen-bond donors (Lipinski definition) is 0. The highest BCUT2D eigenvalue weighted by atomic mass is 32.1. The summed E-state index contributed by atoms with van der Waals surface area (Å²) >= 11 is 4.81. The van der Waals surface area contributed by atoms with E-state index in [1.54, 1.807) is 18.0 Å². The van der Waals surface area contributed by atoms with Crippen LogP contribution in [-0.2, 0) is 12.6 Å². The summed E-state index contributed by atoms with van der Waals surface area (Å²) in [6.07, 6.45) is 1.64. The van der Waals surface area contributed by atoms with Crippen LogP contribution in [0.25, 0.3) is 5.69 Å². The van der Waals surface area contributed by atoms with Crippen molar-refractivity contribution in [2.75, 3.05) is 7.11 Å². The van der Waals surface area contributed by atoms with Crippen LogP contribution in [-0.4, -0.2) is 12.4 Å². The molecule has 14 heavy (non-hydrogen) atoms. The van der Waals surface area contributed by atoms with Gasteiger partial charge in [-0.05, 0) is 16.8 Å². The molecule has 0 atom stereocenters. The van der Waals surface area contributed by atoms with E-state index in [1.807, 2.05) is 24.3 Å². The van der Waals surface area contributed by atoms with Crippen LogP contribution in [0.15, 0.2) is 40.1 Å². The van der Waals surface area contributed by atoms with E-state index in [1.165, 1.54) is 0 Å². The lowest BCUT2D eigenvalue weighted by molar-refractivity contribution is -0.670. The zero-order valence-corrected chi connectivity index (χ0v) is 8.32. The van der Waals surface area contributed by atoms with Crippen LogP contribution in [0.4, 0.5) is 0 Å². The maximum absolute atomic E-state index is 5.04. The van der Waals surface area contributed by atoms with Gasteiger partial charge < -0.3 is 21.9 Å². The fraction of sp³-hybridized carbons (Fsp3) is 0.111. The van der Waals surface area contributed by atoms with Gasteiger partial charge in [0.05, 0.1) is 12.2 Å². The Morgan fingerprint density at radius 3 is 2.57 bits per heavy atom. The predicted molar refractivity (Wildman–Crippen MR) is 50.2 cm³/mol. The monoisotopic (exact) mass is 208 g/mol. The van der Waals surface area contributed by atoms with E-state index in [0.717, 1.165) is 11.4 Å². The van der Waals surface area contributed by atoms with E-state index in [9.17, 15) is 0 Å². The highest BCUT2D eigenvalue weighted by Gasteiger charge is 2.09. The van der Waals surface area contributed by atoms with E-state index in [2.05, 4.69) is 5.27 Å². The number of ether oxygens (including phenoxy) is 1. The third-order valence-electron chi connectivity index (χ3n) is 1.78. The zero-order valence-electron chi connectivity index (χ0n) is 7.51. The van der Waals surface area contributed by atoms with Crippen LogP contribution in [0, 0.1) is 0 Å². The quantitative estimate of drug-likeness (QED) is 0.542. The average Bonchev–Trinajstić information content (AvgIpc) is 2.65. The molecule has 0 saturated carbocycles. The van der Waals surface area contributed by atoms with Crippen LogP contribution in [0.5, 0.6) is 5.75 Å². The third kappa shape index (κ3) is 1.67. The highest BCUT2D eigenvalue weighted by Crippen LogP contribution is 2.10. The number of aromatic nitrogens is 2. The molecule has 2 rings (SSSR count). The average molecular weight is 208 g/mol. The lowest BCUT2D eigenvalue weighted by atomic mass is 10.3. The molecule has 0 aliphatic rings. The molecular formula is C9H8N2O2S. The van der Waals surface area contributed by atoms with Crippen molar-refractivity contribution in [3.05, 3.63) is 30.5 Å². The van der Waals surface area contributed by atoms with Gasteiger partial charge >= 0.3 is 0 Å². The molecule has 0 aliphatic heterocycles. The van der Waals surface area contributed by atoms with Crippen molar-refractivity contribution >= 4 is 12.6 Å². The lowest BCUT2D eigenvalue weighted by Gasteiger charge is -1.96. The van der Waals surface area contributed by atoms with E-state index >= 15 is 0 Å². The Bertz CT molecular complexity index is 425. The molecule has 5 heteroatoms. The molecule has 0 fully saturated rings. The number of hydrogen-bond acceptors (Lipinski definition) is 4. The molecule has 0 amide bonds. The molecule has 1 heterocycles. The fourth-order valence-electron chi connectivity index (χ4n) is 1.09. The standard InChI is InChI=1S/C9H8N2O2S/c1-12-8-4-2-7(3-5-8)11-6-9(14)13-10-11/h2-6H,1H3. The molecule has 0 bridgehead atoms. The van der Waals surface area contributed by atoms with Gasteiger partial charge in [0.25, 0.3) is 0 Å². The molecule has 1 aromatic carbocycles. The molecule has 0 saturated heterocycles. The number of nitrogens with zero attached hydrogens (tertiary/aromatic N) is 2. The van der Waals surface area contributed by atoms with Crippen molar-refractivity contribution in [1.82, 2.24) is 5.27 Å². The molecule has 0 aliphatic carbocycles. The maximum Gasteiger partial charge on any atom is 0.241 e. The van der Waals surface area contributed by atoms with Gasteiger partial charge in [-0.1, -0.05) is 0 Å². The molecule has 2 aromatic rings. The molecule has 0 unspecified atom stereocenters. The van der Waals surface area contributed by atoms with Crippen molar-refractivity contribution < 1.29 is 13.9 Å². The first-order chi connectivity index (χ1) is 6.79. The van der Waals surface area contributed by atoms with Crippen LogP contribution >= 0.6 is 0 Å². The van der Waals surface area contributed by atoms with E-state index in [4.69, 9.17) is 21.9 Å². The highest BCUT2D eigenvalue weighted by molar-refractivity contribution is 7.58. The molecule has 0 N–H and O–H groups in total. The lowest BCUT2D eigenvalue weighted by Crippen LogP contribution is -2.31. The zero-order chi connectivity index (χ0) is 9.97. The number of benzene rings is 1. The second kappa shape index (κ2) is 3.63. The molecule has 0 spiro atoms. The van der Waals surface area contributed by atoms with Gasteiger partial charge in [0.2, 0.25) is 17.2 Å². The maximum atomic E-state index is 5.04. The Kier molecular flexibility index (Phi) is 2.32. The van der Waals surface area contributed by atoms with Crippen molar-refractivity contribution in [2.24, 2.45) is 0 Å². The first-order valence-electron chi connectivity index (χ1n) is 4.00. The smallest absolute Gasteiger partial charge is 0.241 e. The molecule has 4 nitrogen and oxygen atoms in total. The van der Waals surface area contributed by atoms with E-state index in [-0.39, 0.29) is 0 Å². The first kappa shape index (κ1) is 8.96. The second-order valence-corrected chi connectivity index (χ2v) is 3.07. The Morgan fingerprint density at radius 1 is 1.36 bits per heavy atom. The predicted octanol–water partition coefficient (Wildman–Crippen LogP) is 0.866. The van der Waals surface area contributed by atoms with Crippen molar-refractivity contribution in [2.45, 2.75) is 5.09 Å². The molecule has 0 radical (unpaired) electrons. The van der Waals surface area contributed by atoms with Crippen molar-refractivity contribution in [3.8, 4) is 11.4 Å². The largest absolute Gasteiger partial charge is 0.733 e. The Labute approximate surface area is 86.5 Å². The number of rotatable bonds is 2. The minimum atomic E-state index is 0.362. The minimum Gasteiger partial charge on any atom is -0.733 e. The summed E-state index contributed by atoms with van der Waals surface area (Å²) in [4.78, 5) is 0. The van der Waals surface area contributed by atoms with Crippen LogP contribution in [0.3, 0.4) is 0 Å². The topological polar surface area (TPSA) is 39.1 Å². The van der Waals surface area contributed by atoms with Crippen molar-refractivity contribution in [1.29, 1.82) is 0 Å². The summed E-state index contributed by atoms with van der Waals surface area (Å²) in [6.45, 7) is 0. The normalized spacial score (nSPS) is 10.1. The van der Waals surface area contributed by atoms with Gasteiger partial charge in [-0.15, -0.1) is 0 Å². The Morgan fingerprint density at radius 2 is 2.07 bits per heavy atom. The number of methoxy groups -OCH3 is 1. The summed E-state index contributed by atoms with van der Waals surface area (Å²) in [5.41, 5.74) is 0.880. The molecule has 1 aromatic heterocycles. The van der Waals surface area contributed by atoms with Crippen LogP contribution < -0.4 is 9.42 Å². The summed E-state index contributed by atoms with van der Waals surface area (Å²) in [5.74, 6) is 0.802. The SMILES string of the molecule is COc1ccc(-[n+]2cc([S-])on2)cc1. The van der Waals surface area contributed by atoms with Crippen LogP contribution in [0.1, 0.15) is 0 Å². The summed E-state index contributed by atoms with van der Waals surface area (Å²) in [5, 5.41) is 4.10. The fourth-order valence-corrected chi connectivity index (χ4v) is 1.22. The van der Waals surface area contributed by atoms with Gasteiger partial charge in [0, 0.05) is 12.1 Å². The minimum absolute atomic E-state index is 0.362. The summed E-state index contributed by atoms with van der Waals surface area (Å²) < 4.78 is 11.4.